The Balaban J connectivity index is 0.00000196. The molecule has 2 nitrogen and oxygen atoms in total. The summed E-state index contributed by atoms with van der Waals surface area (Å²) in [6.07, 6.45) is 7.62. The van der Waals surface area contributed by atoms with Gasteiger partial charge in [0.25, 0.3) is 0 Å². The summed E-state index contributed by atoms with van der Waals surface area (Å²) in [6, 6.07) is 2.01. The van der Waals surface area contributed by atoms with Gasteiger partial charge in [0, 0.05) is 0 Å². The van der Waals surface area contributed by atoms with Crippen LogP contribution in [0.3, 0.4) is 0 Å². The quantitative estimate of drug-likeness (QED) is 0.395. The number of aliphatic hydroxyl groups excluding tert-OH is 2. The van der Waals surface area contributed by atoms with Crippen LogP contribution >= 0.6 is 0 Å². The maximum Gasteiger partial charge on any atom is -1.00 e. The Hall–Kier alpha value is 0.994. The zero-order valence-electron chi connectivity index (χ0n) is 18.0. The van der Waals surface area contributed by atoms with Crippen molar-refractivity contribution in [2.24, 2.45) is 0 Å². The molecule has 3 aliphatic rings. The van der Waals surface area contributed by atoms with Gasteiger partial charge >= 0.3 is 175 Å². The molecule has 0 unspecified atom stereocenters. The van der Waals surface area contributed by atoms with Gasteiger partial charge < -0.3 is 24.8 Å². The van der Waals surface area contributed by atoms with Crippen LogP contribution in [0.25, 0.3) is 0 Å². The average molecular weight is 553 g/mol. The minimum absolute atomic E-state index is 0. The van der Waals surface area contributed by atoms with E-state index in [4.69, 9.17) is 0 Å². The first-order valence-electron chi connectivity index (χ1n) is 9.94. The first kappa shape index (κ1) is 27.0. The van der Waals surface area contributed by atoms with Crippen LogP contribution < -0.4 is 24.8 Å². The predicted molar refractivity (Wildman–Crippen MR) is 116 cm³/mol. The van der Waals surface area contributed by atoms with Gasteiger partial charge in [0.1, 0.15) is 0 Å². The second-order valence-electron chi connectivity index (χ2n) is 9.82. The third-order valence-electron chi connectivity index (χ3n) is 6.64. The Morgan fingerprint density at radius 1 is 0.821 bits per heavy atom. The first-order chi connectivity index (χ1) is 12.1. The maximum absolute atomic E-state index is 9.68. The molecule has 0 atom stereocenters. The van der Waals surface area contributed by atoms with Crippen molar-refractivity contribution in [3.8, 4) is 0 Å². The van der Waals surface area contributed by atoms with Gasteiger partial charge in [-0.25, -0.2) is 0 Å². The number of rotatable bonds is 6. The number of hydrogen-bond donors (Lipinski definition) is 2. The monoisotopic (exact) mass is 550 g/mol. The first-order valence-corrected chi connectivity index (χ1v) is 21.8. The van der Waals surface area contributed by atoms with Gasteiger partial charge in [0.05, 0.1) is 0 Å². The summed E-state index contributed by atoms with van der Waals surface area (Å²) in [5.74, 6) is 0. The van der Waals surface area contributed by atoms with E-state index < -0.39 is 47.5 Å². The molecule has 0 spiro atoms. The summed E-state index contributed by atoms with van der Waals surface area (Å²) in [5.41, 5.74) is 0. The molecule has 28 heavy (non-hydrogen) atoms. The van der Waals surface area contributed by atoms with Gasteiger partial charge in [0.2, 0.25) is 0 Å². The molecule has 0 amide bonds. The van der Waals surface area contributed by atoms with Crippen LogP contribution in [0.5, 0.6) is 0 Å². The summed E-state index contributed by atoms with van der Waals surface area (Å²) < 4.78 is 3.68. The second-order valence-corrected chi connectivity index (χ2v) is 27.3. The molecular formula is C20H34Cl2O2Si3Zr. The number of fused-ring (bicyclic) bond motifs is 2. The van der Waals surface area contributed by atoms with Gasteiger partial charge in [-0.1, -0.05) is 0 Å². The Kier molecular flexibility index (Phi) is 9.31. The van der Waals surface area contributed by atoms with Gasteiger partial charge in [-0.05, 0) is 0 Å². The maximum atomic E-state index is 9.68. The van der Waals surface area contributed by atoms with E-state index in [1.165, 1.54) is 12.8 Å². The Bertz CT molecular complexity index is 693. The van der Waals surface area contributed by atoms with Crippen LogP contribution in [-0.4, -0.2) is 47.6 Å². The Labute approximate surface area is 198 Å². The van der Waals surface area contributed by atoms with Crippen molar-refractivity contribution in [1.29, 1.82) is 0 Å². The zero-order valence-corrected chi connectivity index (χ0v) is 25.0. The molecule has 0 aromatic carbocycles. The molecule has 1 heterocycles. The summed E-state index contributed by atoms with van der Waals surface area (Å²) in [4.78, 5) is 0. The van der Waals surface area contributed by atoms with Crippen LogP contribution in [0.2, 0.25) is 51.4 Å². The van der Waals surface area contributed by atoms with Crippen molar-refractivity contribution in [2.75, 3.05) is 13.2 Å². The fourth-order valence-electron chi connectivity index (χ4n) is 5.19. The molecule has 8 heteroatoms. The fourth-order valence-corrected chi connectivity index (χ4v) is 26.8. The molecule has 0 saturated heterocycles. The summed E-state index contributed by atoms with van der Waals surface area (Å²) in [7, 11) is -4.84. The fraction of sp³-hybridized carbons (Fsp3) is 0.600. The van der Waals surface area contributed by atoms with Gasteiger partial charge in [-0.3, -0.25) is 0 Å². The predicted octanol–water partition coefficient (Wildman–Crippen LogP) is -1.47. The standard InChI is InChI=1S/C20H34O2Si3.2ClH.Zr/c1-23(2,15-13-21)17-9-7-11-19(17)25(5,6)20-12-8-10-18(20)24(3,4)16-14-22;;;/h11-12,21-22H,7-8,13-16H2,1-6H3;2*1H;/q;;;+2/p-2. The smallest absolute Gasteiger partial charge is 1.00 e. The number of hydrogen-bond acceptors (Lipinski definition) is 2. The van der Waals surface area contributed by atoms with Crippen molar-refractivity contribution in [3.63, 3.8) is 0 Å². The minimum atomic E-state index is -1.71. The molecule has 3 rings (SSSR count). The van der Waals surface area contributed by atoms with Crippen LogP contribution in [0.4, 0.5) is 0 Å². The molecular weight excluding hydrogens is 519 g/mol. The molecule has 4 bridgehead atoms. The number of aliphatic hydroxyl groups is 2. The van der Waals surface area contributed by atoms with Crippen molar-refractivity contribution in [1.82, 2.24) is 0 Å². The van der Waals surface area contributed by atoms with Gasteiger partial charge in [-0.15, -0.1) is 0 Å². The van der Waals surface area contributed by atoms with E-state index in [1.54, 1.807) is 20.8 Å². The average Bonchev–Trinajstić information content (AvgIpc) is 3.13. The number of allylic oxidation sites excluding steroid dienone is 8. The molecule has 2 N–H and O–H groups in total. The Morgan fingerprint density at radius 2 is 1.18 bits per heavy atom. The second kappa shape index (κ2) is 9.64. The molecule has 2 aliphatic carbocycles. The van der Waals surface area contributed by atoms with E-state index in [9.17, 15) is 10.2 Å². The van der Waals surface area contributed by atoms with E-state index in [2.05, 4.69) is 51.4 Å². The van der Waals surface area contributed by atoms with E-state index in [0.29, 0.717) is 13.2 Å². The summed E-state index contributed by atoms with van der Waals surface area (Å²) in [5, 5.41) is 26.4. The largest absolute Gasteiger partial charge is 1.00 e. The van der Waals surface area contributed by atoms with E-state index in [0.717, 1.165) is 12.1 Å². The molecule has 156 valence electrons. The molecule has 0 saturated carbocycles. The molecule has 0 aromatic heterocycles. The molecule has 0 aromatic rings. The molecule has 0 radical (unpaired) electrons. The minimum Gasteiger partial charge on any atom is -1.00 e. The van der Waals surface area contributed by atoms with Crippen LogP contribution in [0, 0.1) is 0 Å². The van der Waals surface area contributed by atoms with E-state index in [1.807, 2.05) is 6.56 Å². The number of halogens is 2. The Morgan fingerprint density at radius 3 is 1.50 bits per heavy atom. The van der Waals surface area contributed by atoms with Crippen LogP contribution in [0.15, 0.2) is 39.5 Å². The van der Waals surface area contributed by atoms with Gasteiger partial charge in [-0.2, -0.15) is 0 Å². The topological polar surface area (TPSA) is 40.5 Å². The van der Waals surface area contributed by atoms with E-state index >= 15 is 0 Å². The van der Waals surface area contributed by atoms with Gasteiger partial charge in [0.15, 0.2) is 0 Å². The molecule has 1 aliphatic heterocycles. The van der Waals surface area contributed by atoms with Crippen molar-refractivity contribution in [3.05, 3.63) is 39.5 Å². The van der Waals surface area contributed by atoms with Crippen LogP contribution in [-0.2, 0) is 23.2 Å². The van der Waals surface area contributed by atoms with E-state index in [-0.39, 0.29) is 24.8 Å². The van der Waals surface area contributed by atoms with Crippen molar-refractivity contribution < 1.29 is 58.3 Å². The third kappa shape index (κ3) is 4.60. The summed E-state index contributed by atoms with van der Waals surface area (Å²) >= 11 is -0.733. The normalized spacial score (nSPS) is 20.3. The third-order valence-corrected chi connectivity index (χ3v) is 22.5. The van der Waals surface area contributed by atoms with Crippen molar-refractivity contribution in [2.45, 2.75) is 64.2 Å². The molecule has 0 fully saturated rings. The van der Waals surface area contributed by atoms with Crippen molar-refractivity contribution >= 4 is 24.2 Å². The zero-order chi connectivity index (χ0) is 19.3. The SMILES string of the molecule is C[Si](C)(CCO)C1=[C]2CC=C1[Si](C)(C)C1=CC[C](=C1[Si](C)(C)CCO)[Zr+2]2.[Cl-].[Cl-]. The summed E-state index contributed by atoms with van der Waals surface area (Å²) in [6.45, 7) is 15.8. The van der Waals surface area contributed by atoms with Crippen LogP contribution in [0.1, 0.15) is 12.8 Å².